The second-order valence-corrected chi connectivity index (χ2v) is 5.49. The summed E-state index contributed by atoms with van der Waals surface area (Å²) in [5, 5.41) is 0.777. The summed E-state index contributed by atoms with van der Waals surface area (Å²) in [6.07, 6.45) is 3.42. The molecule has 0 aliphatic carbocycles. The van der Waals surface area contributed by atoms with Crippen LogP contribution >= 0.6 is 11.6 Å². The lowest BCUT2D eigenvalue weighted by Crippen LogP contribution is -2.01. The number of hydrogen-bond acceptors (Lipinski definition) is 3. The Morgan fingerprint density at radius 2 is 2.05 bits per heavy atom. The van der Waals surface area contributed by atoms with E-state index in [0.29, 0.717) is 12.5 Å². The Labute approximate surface area is 124 Å². The minimum absolute atomic E-state index is 0.344. The highest BCUT2D eigenvalue weighted by molar-refractivity contribution is 6.31. The summed E-state index contributed by atoms with van der Waals surface area (Å²) >= 11 is 6.27. The molecule has 2 N–H and O–H groups in total. The predicted molar refractivity (Wildman–Crippen MR) is 82.5 cm³/mol. The molecule has 0 amide bonds. The SMILES string of the molecule is Cc1cc(Cl)c(C(C)C)cc1Oc1ccncc1CN. The first-order chi connectivity index (χ1) is 9.52. The Morgan fingerprint density at radius 3 is 2.70 bits per heavy atom. The molecule has 2 rings (SSSR count). The van der Waals surface area contributed by atoms with Gasteiger partial charge in [-0.3, -0.25) is 4.98 Å². The van der Waals surface area contributed by atoms with Crippen LogP contribution in [0.15, 0.2) is 30.6 Å². The number of halogens is 1. The standard InChI is InChI=1S/C16H19ClN2O/c1-10(2)13-7-16(11(3)6-14(13)17)20-15-4-5-19-9-12(15)8-18/h4-7,9-10H,8,18H2,1-3H3. The Kier molecular flexibility index (Phi) is 4.63. The maximum atomic E-state index is 6.27. The van der Waals surface area contributed by atoms with E-state index in [1.54, 1.807) is 12.4 Å². The predicted octanol–water partition coefficient (Wildman–Crippen LogP) is 4.42. The van der Waals surface area contributed by atoms with Crippen molar-refractivity contribution in [3.8, 4) is 11.5 Å². The van der Waals surface area contributed by atoms with Gasteiger partial charge in [0.05, 0.1) is 0 Å². The zero-order chi connectivity index (χ0) is 14.7. The molecule has 0 saturated heterocycles. The van der Waals surface area contributed by atoms with E-state index in [9.17, 15) is 0 Å². The van der Waals surface area contributed by atoms with Gasteiger partial charge < -0.3 is 10.5 Å². The first kappa shape index (κ1) is 14.8. The number of nitrogens with two attached hydrogens (primary N) is 1. The van der Waals surface area contributed by atoms with Gasteiger partial charge in [-0.15, -0.1) is 0 Å². The van der Waals surface area contributed by atoms with E-state index in [1.807, 2.05) is 25.1 Å². The number of aryl methyl sites for hydroxylation is 1. The monoisotopic (exact) mass is 290 g/mol. The van der Waals surface area contributed by atoms with Gasteiger partial charge in [0.25, 0.3) is 0 Å². The summed E-state index contributed by atoms with van der Waals surface area (Å²) in [6, 6.07) is 5.77. The molecule has 3 nitrogen and oxygen atoms in total. The minimum atomic E-state index is 0.344. The lowest BCUT2D eigenvalue weighted by atomic mass is 10.0. The number of benzene rings is 1. The maximum absolute atomic E-state index is 6.27. The highest BCUT2D eigenvalue weighted by Crippen LogP contribution is 2.34. The largest absolute Gasteiger partial charge is 0.457 e. The molecule has 0 aliphatic rings. The maximum Gasteiger partial charge on any atom is 0.135 e. The zero-order valence-electron chi connectivity index (χ0n) is 12.0. The number of nitrogens with zero attached hydrogens (tertiary/aromatic N) is 1. The van der Waals surface area contributed by atoms with E-state index in [2.05, 4.69) is 18.8 Å². The van der Waals surface area contributed by atoms with Gasteiger partial charge in [-0.1, -0.05) is 25.4 Å². The van der Waals surface area contributed by atoms with Crippen molar-refractivity contribution >= 4 is 11.6 Å². The van der Waals surface area contributed by atoms with E-state index in [1.165, 1.54) is 0 Å². The van der Waals surface area contributed by atoms with Crippen LogP contribution in [0.1, 0.15) is 36.5 Å². The molecule has 106 valence electrons. The zero-order valence-corrected chi connectivity index (χ0v) is 12.7. The molecule has 0 spiro atoms. The van der Waals surface area contributed by atoms with Crippen LogP contribution in [0.4, 0.5) is 0 Å². The molecular weight excluding hydrogens is 272 g/mol. The van der Waals surface area contributed by atoms with Crippen LogP contribution in [0, 0.1) is 6.92 Å². The smallest absolute Gasteiger partial charge is 0.135 e. The molecule has 1 aromatic heterocycles. The Morgan fingerprint density at radius 1 is 1.30 bits per heavy atom. The number of pyridine rings is 1. The van der Waals surface area contributed by atoms with E-state index in [-0.39, 0.29) is 0 Å². The van der Waals surface area contributed by atoms with Crippen molar-refractivity contribution in [2.75, 3.05) is 0 Å². The summed E-state index contributed by atoms with van der Waals surface area (Å²) < 4.78 is 6.00. The first-order valence-electron chi connectivity index (χ1n) is 6.63. The summed E-state index contributed by atoms with van der Waals surface area (Å²) in [4.78, 5) is 4.06. The Hall–Kier alpha value is -1.58. The highest BCUT2D eigenvalue weighted by Gasteiger charge is 2.12. The van der Waals surface area contributed by atoms with E-state index in [0.717, 1.165) is 33.2 Å². The normalized spacial score (nSPS) is 10.9. The van der Waals surface area contributed by atoms with Crippen molar-refractivity contribution in [1.29, 1.82) is 0 Å². The highest BCUT2D eigenvalue weighted by atomic mass is 35.5. The van der Waals surface area contributed by atoms with Gasteiger partial charge in [0.15, 0.2) is 0 Å². The summed E-state index contributed by atoms with van der Waals surface area (Å²) in [5.41, 5.74) is 8.66. The number of aromatic nitrogens is 1. The molecule has 1 aromatic carbocycles. The van der Waals surface area contributed by atoms with Gasteiger partial charge in [-0.2, -0.15) is 0 Å². The van der Waals surface area contributed by atoms with Gasteiger partial charge in [-0.05, 0) is 42.2 Å². The van der Waals surface area contributed by atoms with Gasteiger partial charge in [0, 0.05) is 29.5 Å². The van der Waals surface area contributed by atoms with Crippen molar-refractivity contribution in [2.24, 2.45) is 5.73 Å². The molecule has 0 fully saturated rings. The number of ether oxygens (including phenoxy) is 1. The molecular formula is C16H19ClN2O. The van der Waals surface area contributed by atoms with Crippen molar-refractivity contribution in [3.05, 3.63) is 52.3 Å². The molecule has 0 unspecified atom stereocenters. The number of rotatable bonds is 4. The summed E-state index contributed by atoms with van der Waals surface area (Å²) in [7, 11) is 0. The lowest BCUT2D eigenvalue weighted by molar-refractivity contribution is 0.471. The fraction of sp³-hybridized carbons (Fsp3) is 0.312. The first-order valence-corrected chi connectivity index (χ1v) is 7.01. The van der Waals surface area contributed by atoms with Crippen LogP contribution in [-0.2, 0) is 6.54 Å². The minimum Gasteiger partial charge on any atom is -0.457 e. The third kappa shape index (κ3) is 3.11. The van der Waals surface area contributed by atoms with Crippen molar-refractivity contribution < 1.29 is 4.74 Å². The van der Waals surface area contributed by atoms with Crippen LogP contribution in [0.5, 0.6) is 11.5 Å². The van der Waals surface area contributed by atoms with Crippen molar-refractivity contribution in [2.45, 2.75) is 33.2 Å². The van der Waals surface area contributed by atoms with Gasteiger partial charge in [0.1, 0.15) is 11.5 Å². The second-order valence-electron chi connectivity index (χ2n) is 5.08. The van der Waals surface area contributed by atoms with Crippen LogP contribution in [-0.4, -0.2) is 4.98 Å². The van der Waals surface area contributed by atoms with Crippen molar-refractivity contribution in [1.82, 2.24) is 4.98 Å². The van der Waals surface area contributed by atoms with Crippen LogP contribution in [0.25, 0.3) is 0 Å². The molecule has 0 atom stereocenters. The third-order valence-corrected chi connectivity index (χ3v) is 3.54. The molecule has 0 radical (unpaired) electrons. The van der Waals surface area contributed by atoms with Gasteiger partial charge in [-0.25, -0.2) is 0 Å². The second kappa shape index (κ2) is 6.25. The van der Waals surface area contributed by atoms with Crippen LogP contribution < -0.4 is 10.5 Å². The Bertz CT molecular complexity index is 611. The van der Waals surface area contributed by atoms with Gasteiger partial charge in [0.2, 0.25) is 0 Å². The number of hydrogen-bond donors (Lipinski definition) is 1. The lowest BCUT2D eigenvalue weighted by Gasteiger charge is -2.15. The topological polar surface area (TPSA) is 48.1 Å². The van der Waals surface area contributed by atoms with Gasteiger partial charge >= 0.3 is 0 Å². The summed E-state index contributed by atoms with van der Waals surface area (Å²) in [5.74, 6) is 1.89. The molecule has 4 heteroatoms. The molecule has 2 aromatic rings. The Balaban J connectivity index is 2.40. The van der Waals surface area contributed by atoms with Crippen LogP contribution in [0.2, 0.25) is 5.02 Å². The fourth-order valence-corrected chi connectivity index (χ4v) is 2.44. The van der Waals surface area contributed by atoms with Crippen LogP contribution in [0.3, 0.4) is 0 Å². The average molecular weight is 291 g/mol. The van der Waals surface area contributed by atoms with E-state index < -0.39 is 0 Å². The molecule has 0 aliphatic heterocycles. The molecule has 0 saturated carbocycles. The quantitative estimate of drug-likeness (QED) is 0.907. The van der Waals surface area contributed by atoms with Crippen molar-refractivity contribution in [3.63, 3.8) is 0 Å². The summed E-state index contributed by atoms with van der Waals surface area (Å²) in [6.45, 7) is 6.59. The molecule has 1 heterocycles. The average Bonchev–Trinajstić information content (AvgIpc) is 2.42. The molecule has 0 bridgehead atoms. The molecule has 20 heavy (non-hydrogen) atoms. The fourth-order valence-electron chi connectivity index (χ4n) is 2.01. The van der Waals surface area contributed by atoms with E-state index >= 15 is 0 Å². The third-order valence-electron chi connectivity index (χ3n) is 3.21. The van der Waals surface area contributed by atoms with E-state index in [4.69, 9.17) is 22.1 Å².